The predicted octanol–water partition coefficient (Wildman–Crippen LogP) is 2.24. The fourth-order valence-corrected chi connectivity index (χ4v) is 2.43. The number of methoxy groups -OCH3 is 1. The molecule has 1 unspecified atom stereocenters. The van der Waals surface area contributed by atoms with Crippen molar-refractivity contribution in [2.75, 3.05) is 26.7 Å². The minimum Gasteiger partial charge on any atom is -0.497 e. The lowest BCUT2D eigenvalue weighted by Gasteiger charge is -2.34. The van der Waals surface area contributed by atoms with Gasteiger partial charge >= 0.3 is 0 Å². The number of ether oxygens (including phenoxy) is 1. The van der Waals surface area contributed by atoms with Crippen molar-refractivity contribution < 1.29 is 9.53 Å². The van der Waals surface area contributed by atoms with Crippen LogP contribution < -0.4 is 15.4 Å². The largest absolute Gasteiger partial charge is 0.497 e. The molecule has 1 aromatic rings. The Bertz CT molecular complexity index is 445. The summed E-state index contributed by atoms with van der Waals surface area (Å²) in [5.41, 5.74) is 0.805. The second-order valence-electron chi connectivity index (χ2n) is 5.51. The topological polar surface area (TPSA) is 50.4 Å². The van der Waals surface area contributed by atoms with Crippen molar-refractivity contribution in [3.63, 3.8) is 0 Å². The van der Waals surface area contributed by atoms with Gasteiger partial charge in [0.2, 0.25) is 0 Å². The van der Waals surface area contributed by atoms with Crippen molar-refractivity contribution in [3.8, 4) is 5.75 Å². The van der Waals surface area contributed by atoms with Crippen molar-refractivity contribution in [1.82, 2.24) is 10.6 Å². The number of hydrogen-bond acceptors (Lipinski definition) is 3. The minimum atomic E-state index is -0.0364. The smallest absolute Gasteiger partial charge is 0.251 e. The quantitative estimate of drug-likeness (QED) is 0.896. The molecule has 1 saturated heterocycles. The van der Waals surface area contributed by atoms with Crippen LogP contribution in [-0.2, 0) is 0 Å². The summed E-state index contributed by atoms with van der Waals surface area (Å²) in [6.45, 7) is 4.96. The first-order chi connectivity index (χ1) is 9.13. The van der Waals surface area contributed by atoms with Crippen LogP contribution in [0, 0.1) is 5.41 Å². The number of rotatable bonds is 4. The second kappa shape index (κ2) is 7.50. The standard InChI is InChI=1S/C15H22N2O2.ClH/c1-15(7-4-8-16-10-15)11-17-14(18)12-5-3-6-13(9-12)19-2;/h3,5-6,9,16H,4,7-8,10-11H2,1-2H3,(H,17,18);1H. The Kier molecular flexibility index (Phi) is 6.30. The molecule has 0 aliphatic carbocycles. The Morgan fingerprint density at radius 3 is 2.95 bits per heavy atom. The Labute approximate surface area is 126 Å². The summed E-state index contributed by atoms with van der Waals surface area (Å²) in [5.74, 6) is 0.670. The highest BCUT2D eigenvalue weighted by Crippen LogP contribution is 2.24. The van der Waals surface area contributed by atoms with E-state index in [1.165, 1.54) is 6.42 Å². The number of carbonyl (C=O) groups excluding carboxylic acids is 1. The molecule has 0 bridgehead atoms. The van der Waals surface area contributed by atoms with Crippen molar-refractivity contribution in [3.05, 3.63) is 29.8 Å². The van der Waals surface area contributed by atoms with E-state index < -0.39 is 0 Å². The first-order valence-corrected chi connectivity index (χ1v) is 6.76. The first-order valence-electron chi connectivity index (χ1n) is 6.76. The molecule has 0 radical (unpaired) electrons. The normalized spacial score (nSPS) is 21.7. The molecule has 1 aliphatic rings. The van der Waals surface area contributed by atoms with E-state index in [-0.39, 0.29) is 23.7 Å². The summed E-state index contributed by atoms with van der Waals surface area (Å²) in [4.78, 5) is 12.1. The van der Waals surface area contributed by atoms with Gasteiger partial charge in [0.1, 0.15) is 5.75 Å². The monoisotopic (exact) mass is 298 g/mol. The lowest BCUT2D eigenvalue weighted by atomic mass is 9.83. The van der Waals surface area contributed by atoms with E-state index in [0.717, 1.165) is 19.5 Å². The molecule has 4 nitrogen and oxygen atoms in total. The molecule has 1 fully saturated rings. The number of piperidine rings is 1. The van der Waals surface area contributed by atoms with Crippen molar-refractivity contribution in [2.45, 2.75) is 19.8 Å². The van der Waals surface area contributed by atoms with Crippen LogP contribution in [0.15, 0.2) is 24.3 Å². The molecule has 2 rings (SSSR count). The third-order valence-electron chi connectivity index (χ3n) is 3.69. The van der Waals surface area contributed by atoms with Crippen LogP contribution >= 0.6 is 12.4 Å². The summed E-state index contributed by atoms with van der Waals surface area (Å²) in [5, 5.41) is 6.41. The van der Waals surface area contributed by atoms with Gasteiger partial charge in [-0.2, -0.15) is 0 Å². The van der Waals surface area contributed by atoms with Gasteiger partial charge < -0.3 is 15.4 Å². The van der Waals surface area contributed by atoms with Crippen LogP contribution in [0.4, 0.5) is 0 Å². The molecule has 1 atom stereocenters. The zero-order valence-electron chi connectivity index (χ0n) is 12.1. The molecular formula is C15H23ClN2O2. The lowest BCUT2D eigenvalue weighted by Crippen LogP contribution is -2.45. The van der Waals surface area contributed by atoms with E-state index in [0.29, 0.717) is 17.9 Å². The van der Waals surface area contributed by atoms with E-state index in [9.17, 15) is 4.79 Å². The Morgan fingerprint density at radius 1 is 1.50 bits per heavy atom. The maximum atomic E-state index is 12.1. The highest BCUT2D eigenvalue weighted by Gasteiger charge is 2.27. The van der Waals surface area contributed by atoms with Gasteiger partial charge in [0.15, 0.2) is 0 Å². The highest BCUT2D eigenvalue weighted by atomic mass is 35.5. The van der Waals surface area contributed by atoms with Gasteiger partial charge in [-0.1, -0.05) is 13.0 Å². The minimum absolute atomic E-state index is 0. The summed E-state index contributed by atoms with van der Waals surface area (Å²) in [6.07, 6.45) is 2.32. The summed E-state index contributed by atoms with van der Waals surface area (Å²) < 4.78 is 5.13. The average molecular weight is 299 g/mol. The van der Waals surface area contributed by atoms with Crippen molar-refractivity contribution in [1.29, 1.82) is 0 Å². The zero-order valence-corrected chi connectivity index (χ0v) is 12.9. The average Bonchev–Trinajstić information content (AvgIpc) is 2.46. The van der Waals surface area contributed by atoms with Crippen LogP contribution in [0.5, 0.6) is 5.75 Å². The second-order valence-corrected chi connectivity index (χ2v) is 5.51. The Hall–Kier alpha value is -1.26. The number of amides is 1. The maximum Gasteiger partial charge on any atom is 0.251 e. The number of halogens is 1. The Morgan fingerprint density at radius 2 is 2.30 bits per heavy atom. The van der Waals surface area contributed by atoms with Gasteiger partial charge in [0.05, 0.1) is 7.11 Å². The van der Waals surface area contributed by atoms with Gasteiger partial charge in [-0.3, -0.25) is 4.79 Å². The van der Waals surface area contributed by atoms with E-state index >= 15 is 0 Å². The third-order valence-corrected chi connectivity index (χ3v) is 3.69. The number of carbonyl (C=O) groups is 1. The first kappa shape index (κ1) is 16.8. The molecular weight excluding hydrogens is 276 g/mol. The zero-order chi connectivity index (χ0) is 13.7. The van der Waals surface area contributed by atoms with Gasteiger partial charge in [-0.25, -0.2) is 0 Å². The number of benzene rings is 1. The molecule has 112 valence electrons. The molecule has 1 aromatic carbocycles. The molecule has 1 aliphatic heterocycles. The predicted molar refractivity (Wildman–Crippen MR) is 82.8 cm³/mol. The highest BCUT2D eigenvalue weighted by molar-refractivity contribution is 5.94. The third kappa shape index (κ3) is 4.39. The number of nitrogens with one attached hydrogen (secondary N) is 2. The summed E-state index contributed by atoms with van der Waals surface area (Å²) in [7, 11) is 1.60. The Balaban J connectivity index is 0.00000200. The van der Waals surface area contributed by atoms with Gasteiger partial charge in [0, 0.05) is 18.7 Å². The SMILES string of the molecule is COc1cccc(C(=O)NCC2(C)CCCNC2)c1.Cl. The van der Waals surface area contributed by atoms with Crippen LogP contribution in [0.2, 0.25) is 0 Å². The fourth-order valence-electron chi connectivity index (χ4n) is 2.43. The van der Waals surface area contributed by atoms with E-state index in [2.05, 4.69) is 17.6 Å². The van der Waals surface area contributed by atoms with Crippen molar-refractivity contribution in [2.24, 2.45) is 5.41 Å². The van der Waals surface area contributed by atoms with Crippen LogP contribution in [0.3, 0.4) is 0 Å². The van der Waals surface area contributed by atoms with E-state index in [1.807, 2.05) is 12.1 Å². The van der Waals surface area contributed by atoms with Crippen LogP contribution in [0.25, 0.3) is 0 Å². The fraction of sp³-hybridized carbons (Fsp3) is 0.533. The van der Waals surface area contributed by atoms with E-state index in [1.54, 1.807) is 19.2 Å². The molecule has 1 amide bonds. The lowest BCUT2D eigenvalue weighted by molar-refractivity contribution is 0.0924. The molecule has 20 heavy (non-hydrogen) atoms. The molecule has 1 heterocycles. The molecule has 0 saturated carbocycles. The van der Waals surface area contributed by atoms with Crippen LogP contribution in [0.1, 0.15) is 30.1 Å². The molecule has 2 N–H and O–H groups in total. The number of hydrogen-bond donors (Lipinski definition) is 2. The molecule has 0 aromatic heterocycles. The summed E-state index contributed by atoms with van der Waals surface area (Å²) >= 11 is 0. The van der Waals surface area contributed by atoms with Gasteiger partial charge in [0.25, 0.3) is 5.91 Å². The molecule has 5 heteroatoms. The van der Waals surface area contributed by atoms with Gasteiger partial charge in [-0.05, 0) is 43.0 Å². The van der Waals surface area contributed by atoms with Crippen LogP contribution in [-0.4, -0.2) is 32.7 Å². The van der Waals surface area contributed by atoms with E-state index in [4.69, 9.17) is 4.74 Å². The van der Waals surface area contributed by atoms with Gasteiger partial charge in [-0.15, -0.1) is 12.4 Å². The van der Waals surface area contributed by atoms with Crippen molar-refractivity contribution >= 4 is 18.3 Å². The maximum absolute atomic E-state index is 12.1. The summed E-state index contributed by atoms with van der Waals surface area (Å²) in [6, 6.07) is 7.23. The molecule has 0 spiro atoms.